The molecule has 0 radical (unpaired) electrons. The lowest BCUT2D eigenvalue weighted by Gasteiger charge is -2.09. The molecule has 0 aliphatic rings. The molecule has 3 N–H and O–H groups in total. The van der Waals surface area contributed by atoms with Crippen molar-refractivity contribution in [2.45, 2.75) is 4.90 Å². The maximum Gasteiger partial charge on any atom is 0.179 e. The normalized spacial score (nSPS) is 11.2. The van der Waals surface area contributed by atoms with Gasteiger partial charge in [0.15, 0.2) is 9.84 Å². The number of anilines is 3. The van der Waals surface area contributed by atoms with Crippen LogP contribution in [0.15, 0.2) is 47.5 Å². The van der Waals surface area contributed by atoms with Crippen molar-refractivity contribution in [3.05, 3.63) is 42.6 Å². The highest BCUT2D eigenvalue weighted by Crippen LogP contribution is 2.22. The number of nitrogens with two attached hydrogens (primary N) is 1. The van der Waals surface area contributed by atoms with Crippen LogP contribution < -0.4 is 11.1 Å². The van der Waals surface area contributed by atoms with Crippen LogP contribution in [0.1, 0.15) is 0 Å². The Labute approximate surface area is 106 Å². The molecule has 2 rings (SSSR count). The first kappa shape index (κ1) is 12.4. The lowest BCUT2D eigenvalue weighted by Crippen LogP contribution is -2.04. The summed E-state index contributed by atoms with van der Waals surface area (Å²) >= 11 is 0. The first-order valence-corrected chi connectivity index (χ1v) is 7.13. The molecule has 0 aliphatic heterocycles. The van der Waals surface area contributed by atoms with E-state index in [1.54, 1.807) is 30.3 Å². The topological polar surface area (TPSA) is 85.1 Å². The van der Waals surface area contributed by atoms with E-state index in [9.17, 15) is 8.42 Å². The van der Waals surface area contributed by atoms with E-state index in [2.05, 4.69) is 10.3 Å². The molecule has 1 aromatic heterocycles. The Balaban J connectivity index is 2.38. The van der Waals surface area contributed by atoms with Gasteiger partial charge in [-0.3, -0.25) is 0 Å². The molecule has 5 nitrogen and oxygen atoms in total. The second-order valence-corrected chi connectivity index (χ2v) is 5.85. The van der Waals surface area contributed by atoms with Gasteiger partial charge in [-0.15, -0.1) is 0 Å². The van der Waals surface area contributed by atoms with Crippen LogP contribution in [-0.4, -0.2) is 19.7 Å². The molecule has 0 amide bonds. The summed E-state index contributed by atoms with van der Waals surface area (Å²) in [7, 11) is -3.31. The Kier molecular flexibility index (Phi) is 3.20. The smallest absolute Gasteiger partial charge is 0.179 e. The number of rotatable bonds is 3. The van der Waals surface area contributed by atoms with E-state index < -0.39 is 9.84 Å². The maximum atomic E-state index is 11.6. The van der Waals surface area contributed by atoms with Gasteiger partial charge in [0.05, 0.1) is 0 Å². The summed E-state index contributed by atoms with van der Waals surface area (Å²) in [6.45, 7) is 0. The molecule has 1 heterocycles. The quantitative estimate of drug-likeness (QED) is 0.825. The fourth-order valence-corrected chi connectivity index (χ4v) is 2.27. The third-order valence-electron chi connectivity index (χ3n) is 2.34. The zero-order valence-corrected chi connectivity index (χ0v) is 10.6. The van der Waals surface area contributed by atoms with Crippen molar-refractivity contribution in [3.8, 4) is 0 Å². The van der Waals surface area contributed by atoms with Crippen molar-refractivity contribution in [3.63, 3.8) is 0 Å². The van der Waals surface area contributed by atoms with Gasteiger partial charge >= 0.3 is 0 Å². The molecule has 0 atom stereocenters. The molecule has 2 aromatic rings. The van der Waals surface area contributed by atoms with Crippen LogP contribution in [0.3, 0.4) is 0 Å². The number of nitrogen functional groups attached to an aromatic ring is 1. The summed E-state index contributed by atoms with van der Waals surface area (Å²) in [6.07, 6.45) is 2.69. The monoisotopic (exact) mass is 263 g/mol. The number of nitrogens with one attached hydrogen (secondary N) is 1. The van der Waals surface area contributed by atoms with Crippen LogP contribution >= 0.6 is 0 Å². The van der Waals surface area contributed by atoms with Gasteiger partial charge in [0.1, 0.15) is 10.7 Å². The van der Waals surface area contributed by atoms with Crippen molar-refractivity contribution in [2.24, 2.45) is 0 Å². The Morgan fingerprint density at radius 2 is 1.83 bits per heavy atom. The summed E-state index contributed by atoms with van der Waals surface area (Å²) in [5.41, 5.74) is 6.95. The van der Waals surface area contributed by atoms with Crippen molar-refractivity contribution in [1.29, 1.82) is 0 Å². The third kappa shape index (κ3) is 2.78. The van der Waals surface area contributed by atoms with Crippen LogP contribution in [0.4, 0.5) is 17.2 Å². The Morgan fingerprint density at radius 1 is 1.17 bits per heavy atom. The zero-order valence-electron chi connectivity index (χ0n) is 9.79. The summed E-state index contributed by atoms with van der Waals surface area (Å²) in [5.74, 6) is 0.310. The number of sulfone groups is 1. The minimum Gasteiger partial charge on any atom is -0.399 e. The lowest BCUT2D eigenvalue weighted by molar-refractivity contribution is 0.602. The van der Waals surface area contributed by atoms with E-state index in [4.69, 9.17) is 5.73 Å². The predicted octanol–water partition coefficient (Wildman–Crippen LogP) is 1.81. The highest BCUT2D eigenvalue weighted by Gasteiger charge is 2.13. The minimum atomic E-state index is -3.31. The van der Waals surface area contributed by atoms with Crippen LogP contribution in [0.2, 0.25) is 0 Å². The van der Waals surface area contributed by atoms with Gasteiger partial charge in [-0.1, -0.05) is 0 Å². The van der Waals surface area contributed by atoms with Crippen LogP contribution in [-0.2, 0) is 9.84 Å². The Hall–Kier alpha value is -2.08. The van der Waals surface area contributed by atoms with E-state index in [0.29, 0.717) is 11.5 Å². The number of nitrogens with zero attached hydrogens (tertiary/aromatic N) is 1. The SMILES string of the molecule is CS(=O)(=O)c1cccnc1Nc1ccc(N)cc1. The molecule has 6 heteroatoms. The molecule has 18 heavy (non-hydrogen) atoms. The van der Waals surface area contributed by atoms with E-state index in [1.165, 1.54) is 12.3 Å². The van der Waals surface area contributed by atoms with Gasteiger partial charge < -0.3 is 11.1 Å². The molecule has 0 unspecified atom stereocenters. The first-order valence-electron chi connectivity index (χ1n) is 5.24. The number of benzene rings is 1. The molecule has 0 saturated carbocycles. The third-order valence-corrected chi connectivity index (χ3v) is 3.47. The van der Waals surface area contributed by atoms with E-state index in [-0.39, 0.29) is 4.90 Å². The van der Waals surface area contributed by atoms with Crippen molar-refractivity contribution >= 4 is 27.0 Å². The molecule has 0 saturated heterocycles. The summed E-state index contributed by atoms with van der Waals surface area (Å²) < 4.78 is 23.2. The maximum absolute atomic E-state index is 11.6. The summed E-state index contributed by atoms with van der Waals surface area (Å²) in [6, 6.07) is 10.1. The van der Waals surface area contributed by atoms with Crippen molar-refractivity contribution < 1.29 is 8.42 Å². The van der Waals surface area contributed by atoms with Crippen molar-refractivity contribution in [1.82, 2.24) is 4.98 Å². The molecule has 1 aromatic carbocycles. The molecule has 94 valence electrons. The molecule has 0 aliphatic carbocycles. The summed E-state index contributed by atoms with van der Waals surface area (Å²) in [5, 5.41) is 2.96. The van der Waals surface area contributed by atoms with Gasteiger partial charge in [-0.25, -0.2) is 13.4 Å². The molecule has 0 bridgehead atoms. The Morgan fingerprint density at radius 3 is 2.44 bits per heavy atom. The Bertz CT molecular complexity index is 651. The van der Waals surface area contributed by atoms with Crippen LogP contribution in [0.25, 0.3) is 0 Å². The number of hydrogen-bond acceptors (Lipinski definition) is 5. The minimum absolute atomic E-state index is 0.168. The fraction of sp³-hybridized carbons (Fsp3) is 0.0833. The molecule has 0 fully saturated rings. The summed E-state index contributed by atoms with van der Waals surface area (Å²) in [4.78, 5) is 4.21. The van der Waals surface area contributed by atoms with Crippen LogP contribution in [0.5, 0.6) is 0 Å². The fourth-order valence-electron chi connectivity index (χ4n) is 1.49. The largest absolute Gasteiger partial charge is 0.399 e. The average molecular weight is 263 g/mol. The highest BCUT2D eigenvalue weighted by molar-refractivity contribution is 7.90. The van der Waals surface area contributed by atoms with Gasteiger partial charge in [-0.05, 0) is 36.4 Å². The molecule has 0 spiro atoms. The van der Waals surface area contributed by atoms with Gasteiger partial charge in [0.25, 0.3) is 0 Å². The average Bonchev–Trinajstić information content (AvgIpc) is 2.31. The second-order valence-electron chi connectivity index (χ2n) is 3.87. The van der Waals surface area contributed by atoms with E-state index >= 15 is 0 Å². The second kappa shape index (κ2) is 4.66. The number of hydrogen-bond donors (Lipinski definition) is 2. The van der Waals surface area contributed by atoms with Gasteiger partial charge in [-0.2, -0.15) is 0 Å². The lowest BCUT2D eigenvalue weighted by atomic mass is 10.3. The number of pyridine rings is 1. The first-order chi connectivity index (χ1) is 8.47. The number of aromatic nitrogens is 1. The van der Waals surface area contributed by atoms with Gasteiger partial charge in [0, 0.05) is 23.8 Å². The molecular formula is C12H13N3O2S. The van der Waals surface area contributed by atoms with E-state index in [0.717, 1.165) is 11.9 Å². The van der Waals surface area contributed by atoms with Crippen LogP contribution in [0, 0.1) is 0 Å². The highest BCUT2D eigenvalue weighted by atomic mass is 32.2. The standard InChI is InChI=1S/C12H13N3O2S/c1-18(16,17)11-3-2-8-14-12(11)15-10-6-4-9(13)5-7-10/h2-8H,13H2,1H3,(H,14,15). The predicted molar refractivity (Wildman–Crippen MR) is 71.5 cm³/mol. The van der Waals surface area contributed by atoms with E-state index in [1.807, 2.05) is 0 Å². The van der Waals surface area contributed by atoms with Gasteiger partial charge in [0.2, 0.25) is 0 Å². The van der Waals surface area contributed by atoms with Crippen molar-refractivity contribution in [2.75, 3.05) is 17.3 Å². The zero-order chi connectivity index (χ0) is 13.2. The molecular weight excluding hydrogens is 250 g/mol.